The number of nitrogens with one attached hydrogen (secondary N) is 1. The lowest BCUT2D eigenvalue weighted by Gasteiger charge is -2.13. The minimum atomic E-state index is -3.65. The van der Waals surface area contributed by atoms with Crippen LogP contribution < -0.4 is 5.32 Å². The second-order valence-corrected chi connectivity index (χ2v) is 7.63. The van der Waals surface area contributed by atoms with Crippen molar-refractivity contribution in [2.24, 2.45) is 0 Å². The summed E-state index contributed by atoms with van der Waals surface area (Å²) in [4.78, 5) is 16.3. The predicted molar refractivity (Wildman–Crippen MR) is 89.3 cm³/mol. The van der Waals surface area contributed by atoms with Crippen molar-refractivity contribution in [1.29, 1.82) is 0 Å². The van der Waals surface area contributed by atoms with Gasteiger partial charge in [0.2, 0.25) is 10.0 Å². The van der Waals surface area contributed by atoms with Crippen LogP contribution in [-0.2, 0) is 10.0 Å². The summed E-state index contributed by atoms with van der Waals surface area (Å²) in [6.07, 6.45) is 3.13. The summed E-state index contributed by atoms with van der Waals surface area (Å²) in [5.74, 6) is -0.498. The first kappa shape index (κ1) is 17.4. The van der Waals surface area contributed by atoms with E-state index in [-0.39, 0.29) is 15.5 Å². The van der Waals surface area contributed by atoms with E-state index in [1.165, 1.54) is 38.5 Å². The number of carbonyl (C=O) groups is 1. The quantitative estimate of drug-likeness (QED) is 0.916. The number of hydrogen-bond donors (Lipinski definition) is 1. The monoisotopic (exact) mass is 353 g/mol. The van der Waals surface area contributed by atoms with Gasteiger partial charge in [0.15, 0.2) is 0 Å². The Morgan fingerprint density at radius 2 is 1.96 bits per heavy atom. The Balaban J connectivity index is 2.40. The van der Waals surface area contributed by atoms with E-state index in [1.807, 2.05) is 6.92 Å². The molecule has 0 saturated carbocycles. The minimum Gasteiger partial charge on any atom is -0.320 e. The van der Waals surface area contributed by atoms with E-state index in [1.54, 1.807) is 12.3 Å². The highest BCUT2D eigenvalue weighted by Gasteiger charge is 2.21. The molecule has 6 nitrogen and oxygen atoms in total. The molecular formula is C15H16ClN3O3S. The first-order valence-electron chi connectivity index (χ1n) is 6.67. The van der Waals surface area contributed by atoms with Gasteiger partial charge in [-0.25, -0.2) is 12.7 Å². The van der Waals surface area contributed by atoms with Crippen LogP contribution in [0.3, 0.4) is 0 Å². The maximum atomic E-state index is 12.4. The third kappa shape index (κ3) is 3.69. The van der Waals surface area contributed by atoms with Crippen molar-refractivity contribution in [3.05, 3.63) is 52.8 Å². The molecule has 0 atom stereocenters. The molecule has 0 unspecified atom stereocenters. The zero-order valence-electron chi connectivity index (χ0n) is 12.9. The lowest BCUT2D eigenvalue weighted by molar-refractivity contribution is 0.102. The van der Waals surface area contributed by atoms with Gasteiger partial charge in [-0.15, -0.1) is 0 Å². The molecule has 1 aromatic carbocycles. The highest BCUT2D eigenvalue weighted by molar-refractivity contribution is 7.89. The van der Waals surface area contributed by atoms with E-state index in [0.717, 1.165) is 9.87 Å². The van der Waals surface area contributed by atoms with E-state index in [4.69, 9.17) is 11.6 Å². The summed E-state index contributed by atoms with van der Waals surface area (Å²) in [5.41, 5.74) is 1.45. The SMILES string of the molecule is Cc1ccncc1NC(=O)c1cc(S(=O)(=O)N(C)C)ccc1Cl. The van der Waals surface area contributed by atoms with Crippen molar-refractivity contribution < 1.29 is 13.2 Å². The van der Waals surface area contributed by atoms with Crippen molar-refractivity contribution in [1.82, 2.24) is 9.29 Å². The number of pyridine rings is 1. The fraction of sp³-hybridized carbons (Fsp3) is 0.200. The zero-order valence-corrected chi connectivity index (χ0v) is 14.4. The zero-order chi connectivity index (χ0) is 17.2. The van der Waals surface area contributed by atoms with Crippen LogP contribution in [0.2, 0.25) is 5.02 Å². The molecule has 1 heterocycles. The first-order valence-corrected chi connectivity index (χ1v) is 8.49. The van der Waals surface area contributed by atoms with Crippen LogP contribution in [0.15, 0.2) is 41.6 Å². The topological polar surface area (TPSA) is 79.4 Å². The molecule has 0 saturated heterocycles. The second-order valence-electron chi connectivity index (χ2n) is 5.07. The number of aromatic nitrogens is 1. The number of sulfonamides is 1. The molecule has 0 bridgehead atoms. The van der Waals surface area contributed by atoms with Crippen LogP contribution in [0.1, 0.15) is 15.9 Å². The van der Waals surface area contributed by atoms with Crippen LogP contribution in [0.4, 0.5) is 5.69 Å². The summed E-state index contributed by atoms with van der Waals surface area (Å²) in [6, 6.07) is 5.77. The summed E-state index contributed by atoms with van der Waals surface area (Å²) in [5, 5.41) is 2.85. The van der Waals surface area contributed by atoms with Gasteiger partial charge in [-0.2, -0.15) is 0 Å². The Kier molecular flexibility index (Phi) is 5.03. The summed E-state index contributed by atoms with van der Waals surface area (Å²) in [7, 11) is -0.810. The Morgan fingerprint density at radius 1 is 1.26 bits per heavy atom. The number of halogens is 1. The molecule has 0 aliphatic heterocycles. The van der Waals surface area contributed by atoms with Gasteiger partial charge >= 0.3 is 0 Å². The van der Waals surface area contributed by atoms with Crippen LogP contribution in [-0.4, -0.2) is 37.7 Å². The normalized spacial score (nSPS) is 11.5. The predicted octanol–water partition coefficient (Wildman–Crippen LogP) is 2.55. The molecule has 122 valence electrons. The standard InChI is InChI=1S/C15H16ClN3O3S/c1-10-6-7-17-9-14(10)18-15(20)12-8-11(4-5-13(12)16)23(21,22)19(2)3/h4-9H,1-3H3,(H,18,20). The number of anilines is 1. The van der Waals surface area contributed by atoms with Crippen LogP contribution in [0.25, 0.3) is 0 Å². The van der Waals surface area contributed by atoms with E-state index in [0.29, 0.717) is 5.69 Å². The van der Waals surface area contributed by atoms with Crippen molar-refractivity contribution in [2.75, 3.05) is 19.4 Å². The lowest BCUT2D eigenvalue weighted by Crippen LogP contribution is -2.23. The van der Waals surface area contributed by atoms with Gasteiger partial charge in [0.25, 0.3) is 5.91 Å². The number of rotatable bonds is 4. The second kappa shape index (κ2) is 6.66. The largest absolute Gasteiger partial charge is 0.320 e. The number of aryl methyl sites for hydroxylation is 1. The number of nitrogens with zero attached hydrogens (tertiary/aromatic N) is 2. The van der Waals surface area contributed by atoms with Crippen molar-refractivity contribution in [3.8, 4) is 0 Å². The Hall–Kier alpha value is -1.96. The fourth-order valence-corrected chi connectivity index (χ4v) is 2.97. The molecule has 0 aliphatic rings. The number of hydrogen-bond acceptors (Lipinski definition) is 4. The third-order valence-electron chi connectivity index (χ3n) is 3.25. The average molecular weight is 354 g/mol. The summed E-state index contributed by atoms with van der Waals surface area (Å²) >= 11 is 6.04. The highest BCUT2D eigenvalue weighted by atomic mass is 35.5. The van der Waals surface area contributed by atoms with E-state index in [2.05, 4.69) is 10.3 Å². The highest BCUT2D eigenvalue weighted by Crippen LogP contribution is 2.23. The Morgan fingerprint density at radius 3 is 2.57 bits per heavy atom. The van der Waals surface area contributed by atoms with Gasteiger partial charge in [0.05, 0.1) is 27.4 Å². The summed E-state index contributed by atoms with van der Waals surface area (Å²) in [6.45, 7) is 1.83. The first-order chi connectivity index (χ1) is 10.7. The fourth-order valence-electron chi connectivity index (χ4n) is 1.83. The molecule has 23 heavy (non-hydrogen) atoms. The van der Waals surface area contributed by atoms with Crippen LogP contribution >= 0.6 is 11.6 Å². The number of carbonyl (C=O) groups excluding carboxylic acids is 1. The van der Waals surface area contributed by atoms with Gasteiger partial charge in [-0.3, -0.25) is 9.78 Å². The molecule has 1 aromatic heterocycles. The van der Waals surface area contributed by atoms with Gasteiger partial charge in [0.1, 0.15) is 0 Å². The molecule has 2 aromatic rings. The maximum absolute atomic E-state index is 12.4. The van der Waals surface area contributed by atoms with Gasteiger partial charge in [0, 0.05) is 20.3 Å². The molecular weight excluding hydrogens is 338 g/mol. The molecule has 1 amide bonds. The van der Waals surface area contributed by atoms with E-state index < -0.39 is 15.9 Å². The molecule has 0 fully saturated rings. The molecule has 2 rings (SSSR count). The Bertz CT molecular complexity index is 851. The van der Waals surface area contributed by atoms with Crippen molar-refractivity contribution >= 4 is 33.2 Å². The third-order valence-corrected chi connectivity index (χ3v) is 5.39. The van der Waals surface area contributed by atoms with Gasteiger partial charge in [-0.1, -0.05) is 11.6 Å². The van der Waals surface area contributed by atoms with Crippen LogP contribution in [0.5, 0.6) is 0 Å². The average Bonchev–Trinajstić information content (AvgIpc) is 2.49. The van der Waals surface area contributed by atoms with E-state index >= 15 is 0 Å². The molecule has 8 heteroatoms. The van der Waals surface area contributed by atoms with Crippen LogP contribution in [0, 0.1) is 6.92 Å². The summed E-state index contributed by atoms with van der Waals surface area (Å²) < 4.78 is 25.4. The minimum absolute atomic E-state index is 0.0000383. The molecule has 0 spiro atoms. The van der Waals surface area contributed by atoms with Crippen molar-refractivity contribution in [3.63, 3.8) is 0 Å². The maximum Gasteiger partial charge on any atom is 0.257 e. The molecule has 0 aliphatic carbocycles. The van der Waals surface area contributed by atoms with Crippen molar-refractivity contribution in [2.45, 2.75) is 11.8 Å². The number of amides is 1. The molecule has 1 N–H and O–H groups in total. The molecule has 0 radical (unpaired) electrons. The lowest BCUT2D eigenvalue weighted by atomic mass is 10.2. The van der Waals surface area contributed by atoms with E-state index in [9.17, 15) is 13.2 Å². The smallest absolute Gasteiger partial charge is 0.257 e. The van der Waals surface area contributed by atoms with Gasteiger partial charge in [-0.05, 0) is 36.8 Å². The van der Waals surface area contributed by atoms with Gasteiger partial charge < -0.3 is 5.32 Å². The Labute approximate surface area is 140 Å². The number of benzene rings is 1.